The molecule has 2 rings (SSSR count). The Hall–Kier alpha value is -1.67. The maximum Gasteiger partial charge on any atom is 0.0991 e. The second-order valence-corrected chi connectivity index (χ2v) is 5.87. The maximum absolute atomic E-state index is 10.2. The van der Waals surface area contributed by atoms with Gasteiger partial charge in [-0.1, -0.05) is 18.2 Å². The zero-order valence-corrected chi connectivity index (χ0v) is 12.3. The Morgan fingerprint density at radius 2 is 2.05 bits per heavy atom. The summed E-state index contributed by atoms with van der Waals surface area (Å²) in [7, 11) is 2.01. The molecule has 0 radical (unpaired) electrons. The fourth-order valence-electron chi connectivity index (χ4n) is 2.03. The standard InChI is InChI=1S/C16H18N2OS/c1-18(9-8-15-3-2-10-20-15)12-16(19)14-6-4-13(11-17)5-7-14/h2-7,10,16,19H,8-9,12H2,1H3. The molecule has 0 saturated carbocycles. The predicted octanol–water partition coefficient (Wildman–Crippen LogP) is 2.83. The van der Waals surface area contributed by atoms with E-state index in [1.165, 1.54) is 4.88 Å². The van der Waals surface area contributed by atoms with Crippen molar-refractivity contribution in [1.29, 1.82) is 5.26 Å². The number of rotatable bonds is 6. The van der Waals surface area contributed by atoms with Gasteiger partial charge in [0.15, 0.2) is 0 Å². The molecule has 0 amide bonds. The molecule has 0 aliphatic heterocycles. The zero-order chi connectivity index (χ0) is 14.4. The molecule has 0 aliphatic carbocycles. The highest BCUT2D eigenvalue weighted by atomic mass is 32.1. The van der Waals surface area contributed by atoms with Crippen LogP contribution in [0, 0.1) is 11.3 Å². The lowest BCUT2D eigenvalue weighted by molar-refractivity contribution is 0.127. The van der Waals surface area contributed by atoms with Gasteiger partial charge in [0.25, 0.3) is 0 Å². The topological polar surface area (TPSA) is 47.3 Å². The van der Waals surface area contributed by atoms with Crippen LogP contribution in [0.15, 0.2) is 41.8 Å². The molecule has 4 heteroatoms. The van der Waals surface area contributed by atoms with Crippen molar-refractivity contribution in [2.24, 2.45) is 0 Å². The molecule has 2 aromatic rings. The molecule has 3 nitrogen and oxygen atoms in total. The van der Waals surface area contributed by atoms with Gasteiger partial charge in [-0.15, -0.1) is 11.3 Å². The SMILES string of the molecule is CN(CCc1cccs1)CC(O)c1ccc(C#N)cc1. The monoisotopic (exact) mass is 286 g/mol. The van der Waals surface area contributed by atoms with Crippen LogP contribution in [-0.4, -0.2) is 30.1 Å². The number of thiophene rings is 1. The van der Waals surface area contributed by atoms with Crippen LogP contribution < -0.4 is 0 Å². The fraction of sp³-hybridized carbons (Fsp3) is 0.312. The Kier molecular flexibility index (Phi) is 5.31. The van der Waals surface area contributed by atoms with E-state index >= 15 is 0 Å². The highest BCUT2D eigenvalue weighted by molar-refractivity contribution is 7.09. The van der Waals surface area contributed by atoms with Crippen LogP contribution in [0.4, 0.5) is 0 Å². The Balaban J connectivity index is 1.83. The van der Waals surface area contributed by atoms with Gasteiger partial charge in [0.2, 0.25) is 0 Å². The molecule has 0 aliphatic rings. The Labute approximate surface area is 123 Å². The lowest BCUT2D eigenvalue weighted by atomic mass is 10.1. The molecular weight excluding hydrogens is 268 g/mol. The normalized spacial score (nSPS) is 12.3. The third kappa shape index (κ3) is 4.17. The van der Waals surface area contributed by atoms with Crippen LogP contribution in [0.1, 0.15) is 22.1 Å². The average Bonchev–Trinajstić information content (AvgIpc) is 2.98. The van der Waals surface area contributed by atoms with E-state index in [2.05, 4.69) is 28.5 Å². The van der Waals surface area contributed by atoms with Gasteiger partial charge in [-0.25, -0.2) is 0 Å². The third-order valence-electron chi connectivity index (χ3n) is 3.23. The van der Waals surface area contributed by atoms with Gasteiger partial charge in [0.1, 0.15) is 0 Å². The molecule has 0 bridgehead atoms. The second kappa shape index (κ2) is 7.20. The molecule has 20 heavy (non-hydrogen) atoms. The van der Waals surface area contributed by atoms with Crippen molar-refractivity contribution in [3.05, 3.63) is 57.8 Å². The van der Waals surface area contributed by atoms with Gasteiger partial charge >= 0.3 is 0 Å². The van der Waals surface area contributed by atoms with E-state index in [1.54, 1.807) is 23.5 Å². The molecule has 0 saturated heterocycles. The Bertz CT molecular complexity index is 557. The number of nitriles is 1. The quantitative estimate of drug-likeness (QED) is 0.888. The maximum atomic E-state index is 10.2. The van der Waals surface area contributed by atoms with Crippen molar-refractivity contribution in [3.8, 4) is 6.07 Å². The lowest BCUT2D eigenvalue weighted by Crippen LogP contribution is -2.26. The first-order chi connectivity index (χ1) is 9.69. The highest BCUT2D eigenvalue weighted by Gasteiger charge is 2.10. The minimum atomic E-state index is -0.518. The summed E-state index contributed by atoms with van der Waals surface area (Å²) in [6, 6.07) is 13.4. The molecule has 1 aromatic carbocycles. The summed E-state index contributed by atoms with van der Waals surface area (Å²) < 4.78 is 0. The summed E-state index contributed by atoms with van der Waals surface area (Å²) in [5, 5.41) is 21.0. The lowest BCUT2D eigenvalue weighted by Gasteiger charge is -2.20. The van der Waals surface area contributed by atoms with E-state index in [1.807, 2.05) is 19.2 Å². The van der Waals surface area contributed by atoms with Crippen molar-refractivity contribution < 1.29 is 5.11 Å². The first kappa shape index (κ1) is 14.7. The molecule has 1 N–H and O–H groups in total. The second-order valence-electron chi connectivity index (χ2n) is 4.84. The third-order valence-corrected chi connectivity index (χ3v) is 4.17. The predicted molar refractivity (Wildman–Crippen MR) is 81.6 cm³/mol. The largest absolute Gasteiger partial charge is 0.387 e. The summed E-state index contributed by atoms with van der Waals surface area (Å²) in [4.78, 5) is 3.49. The van der Waals surface area contributed by atoms with Crippen molar-refractivity contribution >= 4 is 11.3 Å². The fourth-order valence-corrected chi connectivity index (χ4v) is 2.73. The van der Waals surface area contributed by atoms with Crippen molar-refractivity contribution in [2.45, 2.75) is 12.5 Å². The molecule has 0 fully saturated rings. The molecule has 104 valence electrons. The average molecular weight is 286 g/mol. The van der Waals surface area contributed by atoms with Crippen LogP contribution in [0.5, 0.6) is 0 Å². The van der Waals surface area contributed by atoms with Gasteiger partial charge < -0.3 is 10.0 Å². The van der Waals surface area contributed by atoms with Crippen molar-refractivity contribution in [2.75, 3.05) is 20.1 Å². The Morgan fingerprint density at radius 1 is 1.30 bits per heavy atom. The van der Waals surface area contributed by atoms with Crippen LogP contribution in [0.25, 0.3) is 0 Å². The molecule has 1 aromatic heterocycles. The summed E-state index contributed by atoms with van der Waals surface area (Å²) in [5.74, 6) is 0. The van der Waals surface area contributed by atoms with E-state index < -0.39 is 6.10 Å². The summed E-state index contributed by atoms with van der Waals surface area (Å²) in [6.45, 7) is 1.52. The first-order valence-corrected chi connectivity index (χ1v) is 7.46. The van der Waals surface area contributed by atoms with Crippen LogP contribution in [0.2, 0.25) is 0 Å². The number of aliphatic hydroxyl groups is 1. The number of hydrogen-bond acceptors (Lipinski definition) is 4. The number of nitrogens with zero attached hydrogens (tertiary/aromatic N) is 2. The summed E-state index contributed by atoms with van der Waals surface area (Å²) in [6.07, 6.45) is 0.491. The van der Waals surface area contributed by atoms with Crippen LogP contribution in [0.3, 0.4) is 0 Å². The molecule has 1 heterocycles. The zero-order valence-electron chi connectivity index (χ0n) is 11.5. The first-order valence-electron chi connectivity index (χ1n) is 6.58. The van der Waals surface area contributed by atoms with Crippen LogP contribution >= 0.6 is 11.3 Å². The van der Waals surface area contributed by atoms with E-state index in [0.29, 0.717) is 12.1 Å². The summed E-state index contributed by atoms with van der Waals surface area (Å²) >= 11 is 1.76. The van der Waals surface area contributed by atoms with Gasteiger partial charge in [-0.05, 0) is 42.6 Å². The minimum Gasteiger partial charge on any atom is -0.387 e. The van der Waals surface area contributed by atoms with Gasteiger partial charge in [-0.2, -0.15) is 5.26 Å². The number of aliphatic hydroxyl groups excluding tert-OH is 1. The van der Waals surface area contributed by atoms with E-state index in [-0.39, 0.29) is 0 Å². The van der Waals surface area contributed by atoms with Gasteiger partial charge in [-0.3, -0.25) is 0 Å². The van der Waals surface area contributed by atoms with E-state index in [4.69, 9.17) is 5.26 Å². The number of likely N-dealkylation sites (N-methyl/N-ethyl adjacent to an activating group) is 1. The molecule has 1 unspecified atom stereocenters. The van der Waals surface area contributed by atoms with E-state index in [9.17, 15) is 5.11 Å². The summed E-state index contributed by atoms with van der Waals surface area (Å²) in [5.41, 5.74) is 1.47. The number of hydrogen-bond donors (Lipinski definition) is 1. The molecular formula is C16H18N2OS. The van der Waals surface area contributed by atoms with Crippen molar-refractivity contribution in [3.63, 3.8) is 0 Å². The van der Waals surface area contributed by atoms with E-state index in [0.717, 1.165) is 18.5 Å². The molecule has 0 spiro atoms. The highest BCUT2D eigenvalue weighted by Crippen LogP contribution is 2.15. The van der Waals surface area contributed by atoms with Gasteiger partial charge in [0.05, 0.1) is 17.7 Å². The Morgan fingerprint density at radius 3 is 2.65 bits per heavy atom. The minimum absolute atomic E-state index is 0.518. The van der Waals surface area contributed by atoms with Gasteiger partial charge in [0, 0.05) is 18.0 Å². The smallest absolute Gasteiger partial charge is 0.0991 e. The van der Waals surface area contributed by atoms with Crippen LogP contribution in [-0.2, 0) is 6.42 Å². The number of benzene rings is 1. The van der Waals surface area contributed by atoms with Crippen molar-refractivity contribution in [1.82, 2.24) is 4.90 Å². The molecule has 1 atom stereocenters.